The molecule has 6 aromatic carbocycles. The average molecular weight is 595 g/mol. The number of benzene rings is 6. The van der Waals surface area contributed by atoms with Gasteiger partial charge in [-0.15, -0.1) is 0 Å². The van der Waals surface area contributed by atoms with Crippen molar-refractivity contribution in [1.82, 2.24) is 0 Å². The van der Waals surface area contributed by atoms with Gasteiger partial charge in [-0.05, 0) is 74.4 Å². The summed E-state index contributed by atoms with van der Waals surface area (Å²) in [6, 6.07) is 49.4. The molecular formula is C45H54. The molecule has 0 atom stereocenters. The van der Waals surface area contributed by atoms with Gasteiger partial charge in [-0.2, -0.15) is 0 Å². The molecule has 0 spiro atoms. The summed E-state index contributed by atoms with van der Waals surface area (Å²) in [6.45, 7) is 19.9. The van der Waals surface area contributed by atoms with Gasteiger partial charge >= 0.3 is 0 Å². The Labute approximate surface area is 274 Å². The fourth-order valence-corrected chi connectivity index (χ4v) is 5.19. The molecule has 0 heterocycles. The van der Waals surface area contributed by atoms with Crippen molar-refractivity contribution in [1.29, 1.82) is 0 Å². The number of rotatable bonds is 4. The molecule has 0 radical (unpaired) electrons. The minimum atomic E-state index is 0.603. The third-order valence-corrected chi connectivity index (χ3v) is 8.06. The first kappa shape index (κ1) is 35.3. The van der Waals surface area contributed by atoms with E-state index < -0.39 is 0 Å². The smallest absolute Gasteiger partial charge is 0.0149 e. The molecule has 0 bridgehead atoms. The number of hydrogen-bond acceptors (Lipinski definition) is 0. The minimum absolute atomic E-state index is 0.603. The van der Waals surface area contributed by atoms with Gasteiger partial charge in [0, 0.05) is 0 Å². The molecule has 6 rings (SSSR count). The van der Waals surface area contributed by atoms with Crippen LogP contribution >= 0.6 is 0 Å². The van der Waals surface area contributed by atoms with Crippen molar-refractivity contribution in [2.45, 2.75) is 86.0 Å². The summed E-state index contributed by atoms with van der Waals surface area (Å²) in [5, 5.41) is 5.40. The molecule has 0 aliphatic rings. The molecule has 0 nitrogen and oxygen atoms in total. The maximum atomic E-state index is 2.28. The van der Waals surface area contributed by atoms with E-state index in [-0.39, 0.29) is 0 Å². The van der Waals surface area contributed by atoms with Crippen LogP contribution in [0.3, 0.4) is 0 Å². The second-order valence-electron chi connectivity index (χ2n) is 13.1. The summed E-state index contributed by atoms with van der Waals surface area (Å²) in [5.74, 6) is 2.53. The van der Waals surface area contributed by atoms with Crippen LogP contribution in [0.4, 0.5) is 0 Å². The minimum Gasteiger partial charge on any atom is -0.0622 e. The highest BCUT2D eigenvalue weighted by atomic mass is 14.1. The first-order chi connectivity index (χ1) is 21.6. The van der Waals surface area contributed by atoms with Gasteiger partial charge in [0.15, 0.2) is 0 Å². The lowest BCUT2D eigenvalue weighted by atomic mass is 9.96. The van der Waals surface area contributed by atoms with E-state index in [2.05, 4.69) is 196 Å². The maximum Gasteiger partial charge on any atom is -0.0149 e. The van der Waals surface area contributed by atoms with Crippen LogP contribution in [-0.2, 0) is 0 Å². The highest BCUT2D eigenvalue weighted by molar-refractivity contribution is 5.86. The second kappa shape index (κ2) is 18.0. The predicted octanol–water partition coefficient (Wildman–Crippen LogP) is 13.9. The van der Waals surface area contributed by atoms with E-state index in [0.29, 0.717) is 23.7 Å². The van der Waals surface area contributed by atoms with Crippen molar-refractivity contribution in [3.63, 3.8) is 0 Å². The molecular weight excluding hydrogens is 540 g/mol. The van der Waals surface area contributed by atoms with E-state index in [9.17, 15) is 0 Å². The van der Waals surface area contributed by atoms with Gasteiger partial charge in [-0.1, -0.05) is 200 Å². The third kappa shape index (κ3) is 11.4. The lowest BCUT2D eigenvalue weighted by molar-refractivity contribution is 0.865. The molecule has 0 saturated heterocycles. The monoisotopic (exact) mass is 594 g/mol. The molecule has 0 heteroatoms. The topological polar surface area (TPSA) is 0 Å². The molecule has 0 aliphatic carbocycles. The van der Waals surface area contributed by atoms with E-state index in [4.69, 9.17) is 0 Å². The fraction of sp³-hybridized carbons (Fsp3) is 0.289. The van der Waals surface area contributed by atoms with Crippen LogP contribution in [0.2, 0.25) is 0 Å². The van der Waals surface area contributed by atoms with Crippen LogP contribution in [-0.4, -0.2) is 0 Å². The van der Waals surface area contributed by atoms with Crippen LogP contribution < -0.4 is 0 Å². The zero-order valence-electron chi connectivity index (χ0n) is 29.1. The van der Waals surface area contributed by atoms with Crippen molar-refractivity contribution in [3.05, 3.63) is 167 Å². The Kier molecular flexibility index (Phi) is 14.1. The summed E-state index contributed by atoms with van der Waals surface area (Å²) < 4.78 is 0. The molecule has 0 N–H and O–H groups in total. The molecule has 234 valence electrons. The number of fused-ring (bicyclic) bond motifs is 2. The molecule has 0 aromatic heterocycles. The van der Waals surface area contributed by atoms with Gasteiger partial charge in [0.1, 0.15) is 0 Å². The van der Waals surface area contributed by atoms with Crippen LogP contribution in [0, 0.1) is 6.92 Å². The van der Waals surface area contributed by atoms with E-state index in [0.717, 1.165) is 0 Å². The first-order valence-corrected chi connectivity index (χ1v) is 16.6. The predicted molar refractivity (Wildman–Crippen MR) is 202 cm³/mol. The van der Waals surface area contributed by atoms with Crippen LogP contribution in [0.15, 0.2) is 140 Å². The standard InChI is InChI=1S/2C13H14.C10H14.C9H12/c1-10(2)12-9-5-7-11-6-3-4-8-13(11)12;1-10(2)12-8-7-11-5-3-4-6-13(11)9-12;1-8(2)10-6-4-5-9(3)7-10;1-8(2)9-6-4-3-5-7-9/h2*3-10H,1-2H3;4-8H,1-3H3;3-8H,1-2H3. The van der Waals surface area contributed by atoms with Crippen molar-refractivity contribution in [3.8, 4) is 0 Å². The van der Waals surface area contributed by atoms with Crippen molar-refractivity contribution >= 4 is 21.5 Å². The quantitative estimate of drug-likeness (QED) is 0.190. The molecule has 0 amide bonds. The first-order valence-electron chi connectivity index (χ1n) is 16.6. The number of aryl methyl sites for hydroxylation is 1. The van der Waals surface area contributed by atoms with E-state index in [1.807, 2.05) is 6.07 Å². The summed E-state index contributed by atoms with van der Waals surface area (Å²) in [7, 11) is 0. The molecule has 0 aliphatic heterocycles. The summed E-state index contributed by atoms with van der Waals surface area (Å²) in [5.41, 5.74) is 7.06. The molecule has 45 heavy (non-hydrogen) atoms. The van der Waals surface area contributed by atoms with Crippen molar-refractivity contribution < 1.29 is 0 Å². The molecule has 0 unspecified atom stereocenters. The Bertz CT molecular complexity index is 1690. The Morgan fingerprint density at radius 2 is 0.822 bits per heavy atom. The van der Waals surface area contributed by atoms with Crippen LogP contribution in [0.1, 0.15) is 107 Å². The lowest BCUT2D eigenvalue weighted by Gasteiger charge is -2.08. The molecule has 6 aromatic rings. The molecule has 0 saturated carbocycles. The Morgan fingerprint density at radius 3 is 1.38 bits per heavy atom. The SMILES string of the molecule is CC(C)c1ccc2ccccc2c1.CC(C)c1cccc2ccccc12.CC(C)c1ccccc1.Cc1cccc(C(C)C)c1. The summed E-state index contributed by atoms with van der Waals surface area (Å²) in [6.07, 6.45) is 0. The highest BCUT2D eigenvalue weighted by Gasteiger charge is 2.03. The van der Waals surface area contributed by atoms with E-state index in [1.165, 1.54) is 49.4 Å². The van der Waals surface area contributed by atoms with Gasteiger partial charge in [-0.3, -0.25) is 0 Å². The van der Waals surface area contributed by atoms with Gasteiger partial charge in [-0.25, -0.2) is 0 Å². The normalized spacial score (nSPS) is 10.7. The van der Waals surface area contributed by atoms with Crippen molar-refractivity contribution in [2.24, 2.45) is 0 Å². The highest BCUT2D eigenvalue weighted by Crippen LogP contribution is 2.25. The zero-order chi connectivity index (χ0) is 32.8. The largest absolute Gasteiger partial charge is 0.0622 e. The van der Waals surface area contributed by atoms with Crippen LogP contribution in [0.25, 0.3) is 21.5 Å². The molecule has 0 fully saturated rings. The van der Waals surface area contributed by atoms with Gasteiger partial charge in [0.25, 0.3) is 0 Å². The van der Waals surface area contributed by atoms with Gasteiger partial charge in [0.2, 0.25) is 0 Å². The van der Waals surface area contributed by atoms with Gasteiger partial charge in [0.05, 0.1) is 0 Å². The fourth-order valence-electron chi connectivity index (χ4n) is 5.19. The van der Waals surface area contributed by atoms with E-state index in [1.54, 1.807) is 0 Å². The maximum absolute atomic E-state index is 2.28. The van der Waals surface area contributed by atoms with Crippen LogP contribution in [0.5, 0.6) is 0 Å². The third-order valence-electron chi connectivity index (χ3n) is 8.06. The lowest BCUT2D eigenvalue weighted by Crippen LogP contribution is -1.88. The van der Waals surface area contributed by atoms with Crippen molar-refractivity contribution in [2.75, 3.05) is 0 Å². The Balaban J connectivity index is 0.000000166. The number of hydrogen-bond donors (Lipinski definition) is 0. The zero-order valence-corrected chi connectivity index (χ0v) is 29.1. The summed E-state index contributed by atoms with van der Waals surface area (Å²) >= 11 is 0. The Morgan fingerprint density at radius 1 is 0.333 bits per heavy atom. The second-order valence-corrected chi connectivity index (χ2v) is 13.1. The van der Waals surface area contributed by atoms with Gasteiger partial charge < -0.3 is 0 Å². The van der Waals surface area contributed by atoms with E-state index >= 15 is 0 Å². The Hall–Kier alpha value is -4.16. The summed E-state index contributed by atoms with van der Waals surface area (Å²) in [4.78, 5) is 0. The average Bonchev–Trinajstić information content (AvgIpc) is 3.05.